The third kappa shape index (κ3) is 3.06. The molecule has 8 heavy (non-hydrogen) atoms. The molecule has 0 saturated carbocycles. The summed E-state index contributed by atoms with van der Waals surface area (Å²) < 4.78 is 12.2. The van der Waals surface area contributed by atoms with Gasteiger partial charge in [-0.3, -0.25) is 0 Å². The van der Waals surface area contributed by atoms with Gasteiger partial charge >= 0.3 is 0 Å². The molecule has 0 saturated heterocycles. The highest BCUT2D eigenvalue weighted by Gasteiger charge is 2.07. The molecule has 2 heteroatoms. The molecule has 0 N–H and O–H groups in total. The van der Waals surface area contributed by atoms with Crippen molar-refractivity contribution in [3.63, 3.8) is 0 Å². The van der Waals surface area contributed by atoms with Crippen LogP contribution < -0.4 is 0 Å². The van der Waals surface area contributed by atoms with Crippen LogP contribution in [0.2, 0.25) is 5.82 Å². The fourth-order valence-corrected chi connectivity index (χ4v) is 0.563. The summed E-state index contributed by atoms with van der Waals surface area (Å²) >= 11 is 0. The van der Waals surface area contributed by atoms with Gasteiger partial charge in [0.1, 0.15) is 0 Å². The molecule has 0 aromatic carbocycles. The van der Waals surface area contributed by atoms with Crippen LogP contribution in [0.25, 0.3) is 0 Å². The summed E-state index contributed by atoms with van der Waals surface area (Å²) in [6.45, 7) is 3.50. The molecule has 0 rings (SSSR count). The SMILES string of the molecule is [B]C(CCC)C(C)F. The van der Waals surface area contributed by atoms with E-state index in [4.69, 9.17) is 7.85 Å². The predicted molar refractivity (Wildman–Crippen MR) is 35.0 cm³/mol. The number of rotatable bonds is 3. The minimum absolute atomic E-state index is 0.250. The molecule has 0 spiro atoms. The van der Waals surface area contributed by atoms with Gasteiger partial charge in [-0.15, -0.1) is 0 Å². The Morgan fingerprint density at radius 1 is 1.62 bits per heavy atom. The molecular formula is C6H12BF. The molecule has 0 amide bonds. The molecule has 2 radical (unpaired) electrons. The summed E-state index contributed by atoms with van der Waals surface area (Å²) in [7, 11) is 5.35. The Morgan fingerprint density at radius 3 is 2.25 bits per heavy atom. The fourth-order valence-electron chi connectivity index (χ4n) is 0.563. The summed E-state index contributed by atoms with van der Waals surface area (Å²) in [5.41, 5.74) is 0. The first-order chi connectivity index (χ1) is 3.68. The molecule has 2 unspecified atom stereocenters. The molecule has 0 aliphatic carbocycles. The van der Waals surface area contributed by atoms with Gasteiger partial charge in [-0.05, 0) is 12.7 Å². The summed E-state index contributed by atoms with van der Waals surface area (Å²) in [6.07, 6.45) is 0.905. The number of halogens is 1. The van der Waals surface area contributed by atoms with Gasteiger partial charge in [0.25, 0.3) is 0 Å². The van der Waals surface area contributed by atoms with Crippen molar-refractivity contribution >= 4 is 7.85 Å². The van der Waals surface area contributed by atoms with Crippen LogP contribution in [0.5, 0.6) is 0 Å². The zero-order valence-electron chi connectivity index (χ0n) is 5.52. The second-order valence-corrected chi connectivity index (χ2v) is 2.13. The van der Waals surface area contributed by atoms with E-state index in [1.165, 1.54) is 6.92 Å². The second kappa shape index (κ2) is 3.93. The lowest BCUT2D eigenvalue weighted by Gasteiger charge is -2.09. The Bertz CT molecular complexity index is 54.5. The quantitative estimate of drug-likeness (QED) is 0.493. The Balaban J connectivity index is 3.17. The predicted octanol–water partition coefficient (Wildman–Crippen LogP) is 2.10. The van der Waals surface area contributed by atoms with Crippen LogP contribution in [-0.4, -0.2) is 14.0 Å². The zero-order chi connectivity index (χ0) is 6.57. The first-order valence-electron chi connectivity index (χ1n) is 3.08. The maximum atomic E-state index is 12.2. The van der Waals surface area contributed by atoms with Gasteiger partial charge < -0.3 is 0 Å². The summed E-state index contributed by atoms with van der Waals surface area (Å²) in [6, 6.07) is 0. The third-order valence-electron chi connectivity index (χ3n) is 1.21. The third-order valence-corrected chi connectivity index (χ3v) is 1.21. The summed E-state index contributed by atoms with van der Waals surface area (Å²) in [4.78, 5) is 0. The van der Waals surface area contributed by atoms with Gasteiger partial charge in [0.2, 0.25) is 0 Å². The monoisotopic (exact) mass is 114 g/mol. The van der Waals surface area contributed by atoms with Crippen molar-refractivity contribution in [1.29, 1.82) is 0 Å². The Morgan fingerprint density at radius 2 is 2.12 bits per heavy atom. The molecule has 0 aliphatic heterocycles. The molecule has 2 atom stereocenters. The van der Waals surface area contributed by atoms with Gasteiger partial charge in [0.05, 0.1) is 14.0 Å². The largest absolute Gasteiger partial charge is 0.248 e. The lowest BCUT2D eigenvalue weighted by molar-refractivity contribution is 0.334. The van der Waals surface area contributed by atoms with E-state index >= 15 is 0 Å². The Kier molecular flexibility index (Phi) is 3.93. The highest BCUT2D eigenvalue weighted by Crippen LogP contribution is 2.15. The van der Waals surface area contributed by atoms with Gasteiger partial charge in [0, 0.05) is 0 Å². The summed E-state index contributed by atoms with van der Waals surface area (Å²) in [5, 5.41) is 0. The van der Waals surface area contributed by atoms with Crippen molar-refractivity contribution < 1.29 is 4.39 Å². The number of hydrogen-bond acceptors (Lipinski definition) is 0. The topological polar surface area (TPSA) is 0 Å². The van der Waals surface area contributed by atoms with Crippen LogP contribution in [0.15, 0.2) is 0 Å². The van der Waals surface area contributed by atoms with Crippen LogP contribution in [0.4, 0.5) is 4.39 Å². The smallest absolute Gasteiger partial charge is 0.0924 e. The minimum Gasteiger partial charge on any atom is -0.248 e. The maximum Gasteiger partial charge on any atom is 0.0924 e. The Labute approximate surface area is 51.9 Å². The molecule has 0 aromatic heterocycles. The van der Waals surface area contributed by atoms with Crippen molar-refractivity contribution in [2.75, 3.05) is 0 Å². The normalized spacial score (nSPS) is 17.9. The van der Waals surface area contributed by atoms with Crippen LogP contribution in [-0.2, 0) is 0 Å². The minimum atomic E-state index is -0.852. The highest BCUT2D eigenvalue weighted by atomic mass is 19.1. The standard InChI is InChI=1S/C6H12BF/c1-3-4-6(7)5(2)8/h5-6H,3-4H2,1-2H3. The van der Waals surface area contributed by atoms with E-state index in [1.807, 2.05) is 6.92 Å². The molecule has 0 aliphatic rings. The molecule has 0 heterocycles. The summed E-state index contributed by atoms with van der Waals surface area (Å²) in [5.74, 6) is -0.250. The van der Waals surface area contributed by atoms with Crippen LogP contribution in [0, 0.1) is 0 Å². The molecule has 46 valence electrons. The lowest BCUT2D eigenvalue weighted by Crippen LogP contribution is -2.04. The van der Waals surface area contributed by atoms with E-state index in [-0.39, 0.29) is 5.82 Å². The second-order valence-electron chi connectivity index (χ2n) is 2.13. The zero-order valence-corrected chi connectivity index (χ0v) is 5.52. The van der Waals surface area contributed by atoms with E-state index in [0.29, 0.717) is 0 Å². The van der Waals surface area contributed by atoms with Gasteiger partial charge in [-0.2, -0.15) is 0 Å². The lowest BCUT2D eigenvalue weighted by atomic mass is 9.80. The van der Waals surface area contributed by atoms with E-state index < -0.39 is 6.17 Å². The van der Waals surface area contributed by atoms with Crippen LogP contribution >= 0.6 is 0 Å². The molecule has 0 nitrogen and oxygen atoms in total. The van der Waals surface area contributed by atoms with Crippen molar-refractivity contribution in [2.24, 2.45) is 0 Å². The average molecular weight is 114 g/mol. The first kappa shape index (κ1) is 7.99. The Hall–Kier alpha value is -0.00506. The van der Waals surface area contributed by atoms with Gasteiger partial charge in [-0.1, -0.05) is 19.8 Å². The average Bonchev–Trinajstić information content (AvgIpc) is 1.67. The van der Waals surface area contributed by atoms with Crippen molar-refractivity contribution in [2.45, 2.75) is 38.7 Å². The van der Waals surface area contributed by atoms with E-state index in [0.717, 1.165) is 12.8 Å². The van der Waals surface area contributed by atoms with Crippen LogP contribution in [0.1, 0.15) is 26.7 Å². The van der Waals surface area contributed by atoms with E-state index in [1.54, 1.807) is 0 Å². The molecular weight excluding hydrogens is 102 g/mol. The van der Waals surface area contributed by atoms with Gasteiger partial charge in [-0.25, -0.2) is 4.39 Å². The number of alkyl halides is 1. The fraction of sp³-hybridized carbons (Fsp3) is 1.00. The van der Waals surface area contributed by atoms with Crippen LogP contribution in [0.3, 0.4) is 0 Å². The van der Waals surface area contributed by atoms with Crippen molar-refractivity contribution in [3.05, 3.63) is 0 Å². The molecule has 0 fully saturated rings. The van der Waals surface area contributed by atoms with E-state index in [9.17, 15) is 4.39 Å². The first-order valence-corrected chi connectivity index (χ1v) is 3.08. The molecule has 0 aromatic rings. The van der Waals surface area contributed by atoms with Crippen molar-refractivity contribution in [1.82, 2.24) is 0 Å². The van der Waals surface area contributed by atoms with Crippen molar-refractivity contribution in [3.8, 4) is 0 Å². The van der Waals surface area contributed by atoms with Gasteiger partial charge in [0.15, 0.2) is 0 Å². The number of hydrogen-bond donors (Lipinski definition) is 0. The molecule has 0 bridgehead atoms. The maximum absolute atomic E-state index is 12.2. The van der Waals surface area contributed by atoms with E-state index in [2.05, 4.69) is 0 Å². The highest BCUT2D eigenvalue weighted by molar-refractivity contribution is 6.12.